The third kappa shape index (κ3) is 4.07. The smallest absolute Gasteiger partial charge is 0.338 e. The molecule has 4 aromatic carbocycles. The fraction of sp³-hybridized carbons (Fsp3) is 0.343. The van der Waals surface area contributed by atoms with Crippen LogP contribution in [0.3, 0.4) is 0 Å². The zero-order valence-electron chi connectivity index (χ0n) is 22.3. The van der Waals surface area contributed by atoms with Gasteiger partial charge in [0.25, 0.3) is 0 Å². The Morgan fingerprint density at radius 2 is 1.59 bits per heavy atom. The van der Waals surface area contributed by atoms with E-state index in [1.54, 1.807) is 0 Å². The maximum absolute atomic E-state index is 14.1. The Bertz CT molecular complexity index is 1480. The highest BCUT2D eigenvalue weighted by molar-refractivity contribution is 6.01. The van der Waals surface area contributed by atoms with Gasteiger partial charge in [0.15, 0.2) is 0 Å². The molecule has 0 bridgehead atoms. The maximum atomic E-state index is 14.1. The molecule has 6 rings (SSSR count). The van der Waals surface area contributed by atoms with E-state index in [1.165, 1.54) is 34.2 Å². The van der Waals surface area contributed by atoms with Crippen molar-refractivity contribution in [2.45, 2.75) is 59.0 Å². The Hall–Kier alpha value is -3.39. The van der Waals surface area contributed by atoms with Crippen LogP contribution in [0, 0.1) is 24.7 Å². The number of fused-ring (bicyclic) bond motifs is 4. The fourth-order valence-corrected chi connectivity index (χ4v) is 6.98. The van der Waals surface area contributed by atoms with Crippen molar-refractivity contribution in [2.75, 3.05) is 0 Å². The number of carbonyl (C=O) groups is 1. The molecule has 0 saturated heterocycles. The average Bonchev–Trinajstić information content (AvgIpc) is 3.23. The van der Waals surface area contributed by atoms with Gasteiger partial charge >= 0.3 is 5.97 Å². The molecule has 1 unspecified atom stereocenters. The van der Waals surface area contributed by atoms with Gasteiger partial charge in [0.05, 0.1) is 5.56 Å². The second kappa shape index (κ2) is 9.49. The molecule has 4 atom stereocenters. The van der Waals surface area contributed by atoms with E-state index in [-0.39, 0.29) is 18.0 Å². The number of aryl methyl sites for hydroxylation is 1. The molecule has 0 aromatic heterocycles. The SMILES string of the molecule is Cc1cccc2c1C(c1c(C(=O)O[C@@H]3C[C@H](C)CC[C@H]3C(C)C)ccc3ccccc13)c1ccccc1-2. The topological polar surface area (TPSA) is 26.3 Å². The van der Waals surface area contributed by atoms with Crippen molar-refractivity contribution in [3.63, 3.8) is 0 Å². The molecule has 37 heavy (non-hydrogen) atoms. The lowest BCUT2D eigenvalue weighted by molar-refractivity contribution is -0.0174. The van der Waals surface area contributed by atoms with Crippen LogP contribution in [0.5, 0.6) is 0 Å². The van der Waals surface area contributed by atoms with E-state index in [0.29, 0.717) is 23.3 Å². The summed E-state index contributed by atoms with van der Waals surface area (Å²) in [5.74, 6) is 1.31. The van der Waals surface area contributed by atoms with E-state index in [9.17, 15) is 4.79 Å². The van der Waals surface area contributed by atoms with Crippen molar-refractivity contribution in [2.24, 2.45) is 17.8 Å². The van der Waals surface area contributed by atoms with Gasteiger partial charge in [0, 0.05) is 5.92 Å². The van der Waals surface area contributed by atoms with E-state index in [2.05, 4.69) is 100 Å². The summed E-state index contributed by atoms with van der Waals surface area (Å²) in [4.78, 5) is 14.1. The van der Waals surface area contributed by atoms with Crippen molar-refractivity contribution in [3.8, 4) is 11.1 Å². The highest BCUT2D eigenvalue weighted by Gasteiger charge is 2.37. The van der Waals surface area contributed by atoms with Crippen molar-refractivity contribution in [1.29, 1.82) is 0 Å². The zero-order chi connectivity index (χ0) is 25.7. The Morgan fingerprint density at radius 1 is 0.838 bits per heavy atom. The quantitative estimate of drug-likeness (QED) is 0.236. The number of benzene rings is 4. The first-order valence-electron chi connectivity index (χ1n) is 13.9. The standard InChI is InChI=1S/C35H36O2/c1-21(2)25-18-16-22(3)20-31(25)37-35(36)30-19-17-24-11-5-6-12-26(24)33(30)34-29-14-8-7-13-27(29)28-15-9-10-23(4)32(28)34/h5-15,17,19,21-22,25,31,34H,16,18,20H2,1-4H3/t22-,25+,31-,34?/m1/s1. The first kappa shape index (κ1) is 24.0. The van der Waals surface area contributed by atoms with E-state index in [0.717, 1.165) is 29.2 Å². The summed E-state index contributed by atoms with van der Waals surface area (Å²) in [6.45, 7) is 9.00. The average molecular weight is 489 g/mol. The van der Waals surface area contributed by atoms with Gasteiger partial charge in [0.1, 0.15) is 6.10 Å². The van der Waals surface area contributed by atoms with E-state index >= 15 is 0 Å². The van der Waals surface area contributed by atoms with Crippen LogP contribution in [0.2, 0.25) is 0 Å². The Balaban J connectivity index is 1.53. The molecule has 0 spiro atoms. The Kier molecular flexibility index (Phi) is 6.15. The van der Waals surface area contributed by atoms with E-state index in [1.807, 2.05) is 6.07 Å². The molecular formula is C35H36O2. The molecule has 2 nitrogen and oxygen atoms in total. The lowest BCUT2D eigenvalue weighted by atomic mass is 9.75. The van der Waals surface area contributed by atoms with Crippen LogP contribution >= 0.6 is 0 Å². The molecule has 2 aliphatic carbocycles. The van der Waals surface area contributed by atoms with E-state index in [4.69, 9.17) is 4.74 Å². The molecule has 0 radical (unpaired) electrons. The lowest BCUT2D eigenvalue weighted by Crippen LogP contribution is -2.36. The van der Waals surface area contributed by atoms with Crippen LogP contribution in [-0.4, -0.2) is 12.1 Å². The number of hydrogen-bond acceptors (Lipinski definition) is 2. The summed E-state index contributed by atoms with van der Waals surface area (Å²) < 4.78 is 6.44. The third-order valence-electron chi connectivity index (χ3n) is 8.87. The van der Waals surface area contributed by atoms with Gasteiger partial charge < -0.3 is 4.74 Å². The van der Waals surface area contributed by atoms with Crippen LogP contribution in [0.1, 0.15) is 78.6 Å². The van der Waals surface area contributed by atoms with Crippen molar-refractivity contribution >= 4 is 16.7 Å². The monoisotopic (exact) mass is 488 g/mol. The number of ether oxygens (including phenoxy) is 1. The summed E-state index contributed by atoms with van der Waals surface area (Å²) in [5.41, 5.74) is 8.15. The van der Waals surface area contributed by atoms with Crippen LogP contribution in [0.25, 0.3) is 21.9 Å². The van der Waals surface area contributed by atoms with Crippen molar-refractivity contribution < 1.29 is 9.53 Å². The molecule has 0 amide bonds. The summed E-state index contributed by atoms with van der Waals surface area (Å²) in [7, 11) is 0. The van der Waals surface area contributed by atoms with Gasteiger partial charge in [-0.25, -0.2) is 4.79 Å². The molecule has 0 heterocycles. The fourth-order valence-electron chi connectivity index (χ4n) is 6.98. The minimum atomic E-state index is -0.176. The molecule has 188 valence electrons. The largest absolute Gasteiger partial charge is 0.458 e. The summed E-state index contributed by atoms with van der Waals surface area (Å²) in [5, 5.41) is 2.28. The van der Waals surface area contributed by atoms with Crippen LogP contribution < -0.4 is 0 Å². The molecule has 4 aromatic rings. The van der Waals surface area contributed by atoms with Gasteiger partial charge in [-0.3, -0.25) is 0 Å². The second-order valence-corrected chi connectivity index (χ2v) is 11.6. The Labute approximate surface area is 220 Å². The van der Waals surface area contributed by atoms with Crippen molar-refractivity contribution in [3.05, 3.63) is 107 Å². The summed E-state index contributed by atoms with van der Waals surface area (Å²) in [6.07, 6.45) is 3.27. The lowest BCUT2D eigenvalue weighted by Gasteiger charge is -2.37. The molecule has 0 N–H and O–H groups in total. The number of esters is 1. The van der Waals surface area contributed by atoms with Crippen LogP contribution in [0.15, 0.2) is 78.9 Å². The zero-order valence-corrected chi connectivity index (χ0v) is 22.3. The van der Waals surface area contributed by atoms with E-state index < -0.39 is 0 Å². The van der Waals surface area contributed by atoms with Gasteiger partial charge in [-0.05, 0) is 87.7 Å². The van der Waals surface area contributed by atoms with Gasteiger partial charge in [-0.2, -0.15) is 0 Å². The molecular weight excluding hydrogens is 452 g/mol. The highest BCUT2D eigenvalue weighted by Crippen LogP contribution is 2.51. The second-order valence-electron chi connectivity index (χ2n) is 11.6. The maximum Gasteiger partial charge on any atom is 0.338 e. The molecule has 0 aliphatic heterocycles. The highest BCUT2D eigenvalue weighted by atomic mass is 16.5. The molecule has 2 aliphatic rings. The van der Waals surface area contributed by atoms with Crippen molar-refractivity contribution in [1.82, 2.24) is 0 Å². The van der Waals surface area contributed by atoms with Crippen LogP contribution in [-0.2, 0) is 4.74 Å². The Morgan fingerprint density at radius 3 is 2.43 bits per heavy atom. The minimum absolute atomic E-state index is 0.00720. The molecule has 2 heteroatoms. The predicted octanol–water partition coefficient (Wildman–Crippen LogP) is 8.93. The minimum Gasteiger partial charge on any atom is -0.458 e. The first-order chi connectivity index (χ1) is 17.9. The third-order valence-corrected chi connectivity index (χ3v) is 8.87. The van der Waals surface area contributed by atoms with Gasteiger partial charge in [-0.15, -0.1) is 0 Å². The number of rotatable bonds is 4. The number of hydrogen-bond donors (Lipinski definition) is 0. The van der Waals surface area contributed by atoms with Crippen LogP contribution in [0.4, 0.5) is 0 Å². The van der Waals surface area contributed by atoms with Gasteiger partial charge in [0.2, 0.25) is 0 Å². The molecule has 1 saturated carbocycles. The first-order valence-corrected chi connectivity index (χ1v) is 13.9. The summed E-state index contributed by atoms with van der Waals surface area (Å²) >= 11 is 0. The molecule has 1 fully saturated rings. The normalized spacial score (nSPS) is 22.6. The predicted molar refractivity (Wildman–Crippen MR) is 152 cm³/mol. The summed E-state index contributed by atoms with van der Waals surface area (Å²) in [6, 6.07) is 27.8. The van der Waals surface area contributed by atoms with Gasteiger partial charge in [-0.1, -0.05) is 100.0 Å². The number of carbonyl (C=O) groups excluding carboxylic acids is 1.